The van der Waals surface area contributed by atoms with Crippen molar-refractivity contribution in [3.63, 3.8) is 0 Å². The third-order valence-electron chi connectivity index (χ3n) is 3.33. The fraction of sp³-hybridized carbons (Fsp3) is 0.250. The highest BCUT2D eigenvalue weighted by Gasteiger charge is 2.30. The number of benzene rings is 2. The molecule has 0 aliphatic rings. The monoisotopic (exact) mass is 400 g/mol. The molecule has 0 heterocycles. The Balaban J connectivity index is 2.35. The molecule has 0 N–H and O–H groups in total. The SMILES string of the molecule is Clc1cccc(CC(CBr)(CBr)c2ccccc2)c1. The summed E-state index contributed by atoms with van der Waals surface area (Å²) in [5.74, 6) is 0. The molecule has 0 amide bonds. The number of alkyl halides is 2. The summed E-state index contributed by atoms with van der Waals surface area (Å²) in [5, 5.41) is 2.60. The van der Waals surface area contributed by atoms with Gasteiger partial charge in [-0.15, -0.1) is 0 Å². The third kappa shape index (κ3) is 3.62. The van der Waals surface area contributed by atoms with Crippen LogP contribution in [-0.4, -0.2) is 10.7 Å². The maximum absolute atomic E-state index is 6.08. The van der Waals surface area contributed by atoms with Crippen molar-refractivity contribution < 1.29 is 0 Å². The lowest BCUT2D eigenvalue weighted by Crippen LogP contribution is -2.32. The maximum Gasteiger partial charge on any atom is 0.0408 e. The zero-order chi connectivity index (χ0) is 13.7. The first-order valence-corrected chi connectivity index (χ1v) is 8.74. The van der Waals surface area contributed by atoms with Crippen LogP contribution in [0.25, 0.3) is 0 Å². The summed E-state index contributed by atoms with van der Waals surface area (Å²) < 4.78 is 0. The summed E-state index contributed by atoms with van der Waals surface area (Å²) in [6, 6.07) is 18.7. The molecule has 0 saturated heterocycles. The van der Waals surface area contributed by atoms with Crippen LogP contribution in [0.3, 0.4) is 0 Å². The first kappa shape index (κ1) is 15.1. The highest BCUT2D eigenvalue weighted by Crippen LogP contribution is 2.33. The molecule has 0 aliphatic carbocycles. The van der Waals surface area contributed by atoms with Crippen molar-refractivity contribution in [3.8, 4) is 0 Å². The van der Waals surface area contributed by atoms with E-state index >= 15 is 0 Å². The molecule has 0 bridgehead atoms. The molecule has 0 radical (unpaired) electrons. The van der Waals surface area contributed by atoms with Crippen LogP contribution < -0.4 is 0 Å². The van der Waals surface area contributed by atoms with E-state index in [0.717, 1.165) is 22.1 Å². The van der Waals surface area contributed by atoms with Gasteiger partial charge in [-0.2, -0.15) is 0 Å². The summed E-state index contributed by atoms with van der Waals surface area (Å²) in [6.45, 7) is 0. The summed E-state index contributed by atoms with van der Waals surface area (Å²) in [5.41, 5.74) is 2.64. The molecule has 2 aromatic carbocycles. The van der Waals surface area contributed by atoms with Gasteiger partial charge in [-0.3, -0.25) is 0 Å². The molecule has 2 aromatic rings. The van der Waals surface area contributed by atoms with Gasteiger partial charge in [0.25, 0.3) is 0 Å². The third-order valence-corrected chi connectivity index (χ3v) is 5.71. The minimum absolute atomic E-state index is 0.0476. The molecule has 0 saturated carbocycles. The topological polar surface area (TPSA) is 0 Å². The largest absolute Gasteiger partial charge is 0.0918 e. The van der Waals surface area contributed by atoms with Gasteiger partial charge in [0, 0.05) is 21.1 Å². The predicted molar refractivity (Wildman–Crippen MR) is 90.9 cm³/mol. The van der Waals surface area contributed by atoms with Gasteiger partial charge in [0.1, 0.15) is 0 Å². The Morgan fingerprint density at radius 1 is 0.895 bits per heavy atom. The van der Waals surface area contributed by atoms with Gasteiger partial charge in [0.2, 0.25) is 0 Å². The highest BCUT2D eigenvalue weighted by atomic mass is 79.9. The highest BCUT2D eigenvalue weighted by molar-refractivity contribution is 9.09. The molecule has 0 fully saturated rings. The van der Waals surface area contributed by atoms with Crippen molar-refractivity contribution in [2.75, 3.05) is 10.7 Å². The molecule has 0 atom stereocenters. The van der Waals surface area contributed by atoms with Crippen molar-refractivity contribution in [1.29, 1.82) is 0 Å². The Bertz CT molecular complexity index is 521. The van der Waals surface area contributed by atoms with Gasteiger partial charge >= 0.3 is 0 Å². The second-order valence-electron chi connectivity index (χ2n) is 4.72. The maximum atomic E-state index is 6.08. The van der Waals surface area contributed by atoms with E-state index in [1.165, 1.54) is 11.1 Å². The molecule has 3 heteroatoms. The second-order valence-corrected chi connectivity index (χ2v) is 6.28. The molecule has 0 spiro atoms. The van der Waals surface area contributed by atoms with E-state index < -0.39 is 0 Å². The zero-order valence-corrected chi connectivity index (χ0v) is 14.4. The Kier molecular flexibility index (Phi) is 5.49. The van der Waals surface area contributed by atoms with Crippen LogP contribution in [0.4, 0.5) is 0 Å². The van der Waals surface area contributed by atoms with Crippen molar-refractivity contribution in [1.82, 2.24) is 0 Å². The van der Waals surface area contributed by atoms with Crippen LogP contribution in [0.1, 0.15) is 11.1 Å². The Hall–Kier alpha value is -0.310. The van der Waals surface area contributed by atoms with Crippen LogP contribution in [-0.2, 0) is 11.8 Å². The van der Waals surface area contributed by atoms with E-state index in [-0.39, 0.29) is 5.41 Å². The number of rotatable bonds is 5. The average Bonchev–Trinajstić information content (AvgIpc) is 2.46. The van der Waals surface area contributed by atoms with Crippen molar-refractivity contribution in [2.24, 2.45) is 0 Å². The quantitative estimate of drug-likeness (QED) is 0.570. The van der Waals surface area contributed by atoms with E-state index in [2.05, 4.69) is 68.3 Å². The number of halogens is 3. The molecule has 100 valence electrons. The first-order chi connectivity index (χ1) is 9.20. The normalized spacial score (nSPS) is 11.5. The minimum Gasteiger partial charge on any atom is -0.0918 e. The van der Waals surface area contributed by atoms with Crippen LogP contribution in [0.2, 0.25) is 5.02 Å². The molecular formula is C16H15Br2Cl. The minimum atomic E-state index is 0.0476. The second kappa shape index (κ2) is 6.92. The lowest BCUT2D eigenvalue weighted by atomic mass is 9.79. The fourth-order valence-electron chi connectivity index (χ4n) is 2.22. The molecule has 19 heavy (non-hydrogen) atoms. The lowest BCUT2D eigenvalue weighted by Gasteiger charge is -2.31. The van der Waals surface area contributed by atoms with Crippen LogP contribution in [0.5, 0.6) is 0 Å². The summed E-state index contributed by atoms with van der Waals surface area (Å²) in [7, 11) is 0. The van der Waals surface area contributed by atoms with Gasteiger partial charge in [-0.25, -0.2) is 0 Å². The van der Waals surface area contributed by atoms with E-state index in [4.69, 9.17) is 11.6 Å². The van der Waals surface area contributed by atoms with Gasteiger partial charge in [0.15, 0.2) is 0 Å². The van der Waals surface area contributed by atoms with Crippen molar-refractivity contribution in [3.05, 3.63) is 70.7 Å². The van der Waals surface area contributed by atoms with E-state index in [9.17, 15) is 0 Å². The van der Waals surface area contributed by atoms with E-state index in [1.807, 2.05) is 18.2 Å². The summed E-state index contributed by atoms with van der Waals surface area (Å²) in [6.07, 6.45) is 0.952. The van der Waals surface area contributed by atoms with Crippen LogP contribution in [0.15, 0.2) is 54.6 Å². The van der Waals surface area contributed by atoms with E-state index in [0.29, 0.717) is 0 Å². The van der Waals surface area contributed by atoms with Crippen molar-refractivity contribution >= 4 is 43.5 Å². The molecule has 2 rings (SSSR count). The van der Waals surface area contributed by atoms with Crippen molar-refractivity contribution in [2.45, 2.75) is 11.8 Å². The van der Waals surface area contributed by atoms with Crippen LogP contribution in [0, 0.1) is 0 Å². The van der Waals surface area contributed by atoms with Gasteiger partial charge < -0.3 is 0 Å². The fourth-order valence-corrected chi connectivity index (χ4v) is 4.40. The summed E-state index contributed by atoms with van der Waals surface area (Å²) >= 11 is 13.4. The van der Waals surface area contributed by atoms with Gasteiger partial charge in [0.05, 0.1) is 0 Å². The van der Waals surface area contributed by atoms with E-state index in [1.54, 1.807) is 0 Å². The molecule has 0 nitrogen and oxygen atoms in total. The van der Waals surface area contributed by atoms with Crippen LogP contribution >= 0.6 is 43.5 Å². The predicted octanol–water partition coefficient (Wildman–Crippen LogP) is 5.61. The average molecular weight is 403 g/mol. The Morgan fingerprint density at radius 3 is 2.16 bits per heavy atom. The standard InChI is InChI=1S/C16H15Br2Cl/c17-11-16(12-18,14-6-2-1-3-7-14)10-13-5-4-8-15(19)9-13/h1-9H,10-12H2. The smallest absolute Gasteiger partial charge is 0.0408 e. The van der Waals surface area contributed by atoms with Gasteiger partial charge in [-0.05, 0) is 29.7 Å². The molecule has 0 unspecified atom stereocenters. The molecule has 0 aliphatic heterocycles. The number of hydrogen-bond donors (Lipinski definition) is 0. The lowest BCUT2D eigenvalue weighted by molar-refractivity contribution is 0.551. The Labute approximate surface area is 136 Å². The zero-order valence-electron chi connectivity index (χ0n) is 10.5. The first-order valence-electron chi connectivity index (χ1n) is 6.12. The molecule has 0 aromatic heterocycles. The van der Waals surface area contributed by atoms with Gasteiger partial charge in [-0.1, -0.05) is 85.9 Å². The summed E-state index contributed by atoms with van der Waals surface area (Å²) in [4.78, 5) is 0. The Morgan fingerprint density at radius 2 is 1.58 bits per heavy atom. The molecular weight excluding hydrogens is 387 g/mol. The number of hydrogen-bond acceptors (Lipinski definition) is 0.